The van der Waals surface area contributed by atoms with E-state index in [1.54, 1.807) is 0 Å². The topological polar surface area (TPSA) is 82.3 Å². The van der Waals surface area contributed by atoms with Gasteiger partial charge in [-0.1, -0.05) is 66.1 Å². The van der Waals surface area contributed by atoms with E-state index in [4.69, 9.17) is 0 Å². The second-order valence-electron chi connectivity index (χ2n) is 9.00. The second-order valence-corrected chi connectivity index (χ2v) is 9.00. The van der Waals surface area contributed by atoms with Gasteiger partial charge in [-0.3, -0.25) is 0 Å². The van der Waals surface area contributed by atoms with Gasteiger partial charge >= 0.3 is 12.1 Å². The quantitative estimate of drug-likeness (QED) is 0.494. The molecule has 0 aromatic heterocycles. The molecule has 2 atom stereocenters. The molecular weight excluding hydrogens is 400 g/mol. The average Bonchev–Trinajstić information content (AvgIpc) is 2.81. The Balaban J connectivity index is 1.30. The lowest BCUT2D eigenvalue weighted by Gasteiger charge is -2.29. The van der Waals surface area contributed by atoms with Crippen LogP contribution in [0, 0.1) is 25.7 Å². The molecule has 1 fully saturated rings. The van der Waals surface area contributed by atoms with Crippen molar-refractivity contribution in [3.8, 4) is 0 Å². The van der Waals surface area contributed by atoms with Crippen LogP contribution < -0.4 is 21.3 Å². The van der Waals surface area contributed by atoms with E-state index in [0.717, 1.165) is 36.8 Å². The molecule has 2 aromatic rings. The standard InChI is InChI=1S/C26H36N4O2/c1-19-6-10-21(11-7-19)15-27-25(31)29-17-23-4-3-5-24(14-23)18-30-26(32)28-16-22-12-8-20(2)9-13-22/h6-13,23-24H,3-5,14-18H2,1-2H3,(H2,27,29,31)(H2,28,30,32)/t23-,24-/m0/s1. The fourth-order valence-electron chi connectivity index (χ4n) is 4.15. The first-order chi connectivity index (χ1) is 15.5. The summed E-state index contributed by atoms with van der Waals surface area (Å²) >= 11 is 0. The molecule has 0 radical (unpaired) electrons. The maximum Gasteiger partial charge on any atom is 0.315 e. The zero-order valence-corrected chi connectivity index (χ0v) is 19.2. The molecule has 1 aliphatic carbocycles. The molecule has 4 N–H and O–H groups in total. The van der Waals surface area contributed by atoms with Gasteiger partial charge in [-0.15, -0.1) is 0 Å². The molecule has 0 aliphatic heterocycles. The zero-order valence-electron chi connectivity index (χ0n) is 19.2. The van der Waals surface area contributed by atoms with E-state index in [1.807, 2.05) is 48.5 Å². The average molecular weight is 437 g/mol. The highest BCUT2D eigenvalue weighted by molar-refractivity contribution is 5.74. The van der Waals surface area contributed by atoms with Crippen LogP contribution in [0.5, 0.6) is 0 Å². The van der Waals surface area contributed by atoms with Crippen molar-refractivity contribution >= 4 is 12.1 Å². The summed E-state index contributed by atoms with van der Waals surface area (Å²) in [5.74, 6) is 0.910. The first-order valence-electron chi connectivity index (χ1n) is 11.6. The third-order valence-electron chi connectivity index (χ3n) is 6.14. The summed E-state index contributed by atoms with van der Waals surface area (Å²) in [5, 5.41) is 11.9. The van der Waals surface area contributed by atoms with E-state index in [1.165, 1.54) is 11.1 Å². The van der Waals surface area contributed by atoms with Gasteiger partial charge in [0.1, 0.15) is 0 Å². The lowest BCUT2D eigenvalue weighted by atomic mass is 9.81. The Labute approximate surface area is 191 Å². The van der Waals surface area contributed by atoms with Crippen LogP contribution in [0.3, 0.4) is 0 Å². The summed E-state index contributed by atoms with van der Waals surface area (Å²) < 4.78 is 0. The summed E-state index contributed by atoms with van der Waals surface area (Å²) in [6.07, 6.45) is 4.40. The second kappa shape index (κ2) is 12.1. The molecule has 6 heteroatoms. The summed E-state index contributed by atoms with van der Waals surface area (Å²) in [5.41, 5.74) is 4.61. The van der Waals surface area contributed by atoms with Gasteiger partial charge in [-0.05, 0) is 56.1 Å². The maximum atomic E-state index is 12.1. The Hall–Kier alpha value is -3.02. The first kappa shape index (κ1) is 23.6. The number of nitrogens with one attached hydrogen (secondary N) is 4. The normalized spacial score (nSPS) is 17.9. The Bertz CT molecular complexity index is 793. The van der Waals surface area contributed by atoms with Gasteiger partial charge in [0.15, 0.2) is 0 Å². The third-order valence-corrected chi connectivity index (χ3v) is 6.14. The van der Waals surface area contributed by atoms with Crippen molar-refractivity contribution in [1.29, 1.82) is 0 Å². The van der Waals surface area contributed by atoms with Crippen molar-refractivity contribution in [1.82, 2.24) is 21.3 Å². The smallest absolute Gasteiger partial charge is 0.315 e. The molecule has 172 valence electrons. The number of rotatable bonds is 8. The molecule has 0 heterocycles. The van der Waals surface area contributed by atoms with Crippen LogP contribution in [0.2, 0.25) is 0 Å². The molecule has 0 bridgehead atoms. The summed E-state index contributed by atoms with van der Waals surface area (Å²) in [7, 11) is 0. The van der Waals surface area contributed by atoms with E-state index < -0.39 is 0 Å². The highest BCUT2D eigenvalue weighted by Gasteiger charge is 2.22. The number of hydrogen-bond donors (Lipinski definition) is 4. The minimum absolute atomic E-state index is 0.124. The van der Waals surface area contributed by atoms with E-state index in [9.17, 15) is 9.59 Å². The van der Waals surface area contributed by atoms with Gasteiger partial charge in [0, 0.05) is 26.2 Å². The van der Waals surface area contributed by atoms with Gasteiger partial charge in [-0.2, -0.15) is 0 Å². The van der Waals surface area contributed by atoms with Gasteiger partial charge in [0.05, 0.1) is 0 Å². The molecular formula is C26H36N4O2. The van der Waals surface area contributed by atoms with Gasteiger partial charge in [0.25, 0.3) is 0 Å². The number of benzene rings is 2. The molecule has 0 spiro atoms. The lowest BCUT2D eigenvalue weighted by molar-refractivity contribution is 0.221. The van der Waals surface area contributed by atoms with Crippen LogP contribution in [0.4, 0.5) is 9.59 Å². The van der Waals surface area contributed by atoms with Crippen LogP contribution in [-0.2, 0) is 13.1 Å². The third kappa shape index (κ3) is 8.25. The first-order valence-corrected chi connectivity index (χ1v) is 11.6. The van der Waals surface area contributed by atoms with Crippen molar-refractivity contribution in [3.05, 3.63) is 70.8 Å². The number of carbonyl (C=O) groups is 2. The van der Waals surface area contributed by atoms with E-state index in [0.29, 0.717) is 38.0 Å². The van der Waals surface area contributed by atoms with Gasteiger partial charge in [0.2, 0.25) is 0 Å². The van der Waals surface area contributed by atoms with Crippen molar-refractivity contribution in [2.45, 2.75) is 52.6 Å². The molecule has 6 nitrogen and oxygen atoms in total. The Morgan fingerprint density at radius 2 is 1.09 bits per heavy atom. The van der Waals surface area contributed by atoms with Crippen molar-refractivity contribution < 1.29 is 9.59 Å². The number of urea groups is 2. The van der Waals surface area contributed by atoms with E-state index in [2.05, 4.69) is 35.1 Å². The Kier molecular flexibility index (Phi) is 8.96. The molecule has 3 rings (SSSR count). The molecule has 0 saturated heterocycles. The van der Waals surface area contributed by atoms with Crippen molar-refractivity contribution in [2.75, 3.05) is 13.1 Å². The summed E-state index contributed by atoms with van der Waals surface area (Å²) in [6.45, 7) is 6.51. The molecule has 4 amide bonds. The summed E-state index contributed by atoms with van der Waals surface area (Å²) in [6, 6.07) is 16.1. The van der Waals surface area contributed by atoms with E-state index in [-0.39, 0.29) is 12.1 Å². The van der Waals surface area contributed by atoms with Crippen molar-refractivity contribution in [3.63, 3.8) is 0 Å². The molecule has 1 aliphatic rings. The van der Waals surface area contributed by atoms with Gasteiger partial charge in [-0.25, -0.2) is 9.59 Å². The fraction of sp³-hybridized carbons (Fsp3) is 0.462. The largest absolute Gasteiger partial charge is 0.338 e. The molecule has 32 heavy (non-hydrogen) atoms. The van der Waals surface area contributed by atoms with Crippen LogP contribution in [0.15, 0.2) is 48.5 Å². The molecule has 2 aromatic carbocycles. The Morgan fingerprint density at radius 1 is 0.688 bits per heavy atom. The highest BCUT2D eigenvalue weighted by Crippen LogP contribution is 2.28. The predicted molar refractivity (Wildman–Crippen MR) is 128 cm³/mol. The minimum Gasteiger partial charge on any atom is -0.338 e. The van der Waals surface area contributed by atoms with Crippen LogP contribution >= 0.6 is 0 Å². The molecule has 1 saturated carbocycles. The van der Waals surface area contributed by atoms with Crippen LogP contribution in [-0.4, -0.2) is 25.2 Å². The number of aryl methyl sites for hydroxylation is 2. The van der Waals surface area contributed by atoms with Crippen LogP contribution in [0.25, 0.3) is 0 Å². The minimum atomic E-state index is -0.124. The fourth-order valence-corrected chi connectivity index (χ4v) is 4.15. The van der Waals surface area contributed by atoms with Gasteiger partial charge < -0.3 is 21.3 Å². The zero-order chi connectivity index (χ0) is 22.8. The predicted octanol–water partition coefficient (Wildman–Crippen LogP) is 4.41. The molecule has 0 unspecified atom stereocenters. The maximum absolute atomic E-state index is 12.1. The number of hydrogen-bond acceptors (Lipinski definition) is 2. The van der Waals surface area contributed by atoms with E-state index >= 15 is 0 Å². The van der Waals surface area contributed by atoms with Crippen LogP contribution in [0.1, 0.15) is 47.9 Å². The monoisotopic (exact) mass is 436 g/mol. The van der Waals surface area contributed by atoms with Crippen molar-refractivity contribution in [2.24, 2.45) is 11.8 Å². The number of carbonyl (C=O) groups excluding carboxylic acids is 2. The Morgan fingerprint density at radius 3 is 1.50 bits per heavy atom. The number of amides is 4. The SMILES string of the molecule is Cc1ccc(CNC(=O)NC[C@H]2CCC[C@H](CNC(=O)NCc3ccc(C)cc3)C2)cc1. The lowest BCUT2D eigenvalue weighted by Crippen LogP contribution is -2.41. The highest BCUT2D eigenvalue weighted by atomic mass is 16.2. The summed E-state index contributed by atoms with van der Waals surface area (Å²) in [4.78, 5) is 24.3.